The Morgan fingerprint density at radius 1 is 0.233 bits per heavy atom. The van der Waals surface area contributed by atoms with Gasteiger partial charge in [-0.15, -0.1) is 0 Å². The lowest BCUT2D eigenvalue weighted by Crippen LogP contribution is -2.76. The Kier molecular flexibility index (Phi) is 9.73. The third-order valence-corrected chi connectivity index (χ3v) is 4.01. The standard InChI is InChI=1S/C12F28N2O/c13-1(14,15)5(25,26)41(6(27,28)2(16,17)18)9(33,34)11(37,38)43-12(39,40)10(35,36)42(7(29,30)3(19,20)21)8(31,32)4(22,23)24. The largest absolute Gasteiger partial charge is 0.469 e. The molecule has 0 unspecified atom stereocenters. The van der Waals surface area contributed by atoms with E-state index < -0.39 is 83.0 Å². The number of hydrogen-bond acceptors (Lipinski definition) is 3. The van der Waals surface area contributed by atoms with Gasteiger partial charge in [0.15, 0.2) is 0 Å². The highest BCUT2D eigenvalue weighted by Crippen LogP contribution is 2.60. The maximum absolute atomic E-state index is 13.7. The van der Waals surface area contributed by atoms with Gasteiger partial charge in [0, 0.05) is 0 Å². The first kappa shape index (κ1) is 40.9. The quantitative estimate of drug-likeness (QED) is 0.166. The lowest BCUT2D eigenvalue weighted by atomic mass is 10.2. The monoisotopic (exact) mass is 720 g/mol. The second kappa shape index (κ2) is 10.2. The van der Waals surface area contributed by atoms with Crippen LogP contribution in [-0.2, 0) is 4.74 Å². The average Bonchev–Trinajstić information content (AvgIpc) is 2.61. The van der Waals surface area contributed by atoms with Crippen molar-refractivity contribution in [2.24, 2.45) is 0 Å². The van der Waals surface area contributed by atoms with E-state index in [4.69, 9.17) is 0 Å². The molecule has 0 rings (SSSR count). The number of halogens is 28. The minimum atomic E-state index is -9.23. The van der Waals surface area contributed by atoms with Crippen molar-refractivity contribution < 1.29 is 128 Å². The molecule has 0 aliphatic heterocycles. The third-order valence-electron chi connectivity index (χ3n) is 4.01. The molecule has 0 N–H and O–H groups in total. The van der Waals surface area contributed by atoms with E-state index >= 15 is 0 Å². The number of alkyl halides is 28. The molecule has 0 aliphatic carbocycles. The van der Waals surface area contributed by atoms with E-state index in [0.29, 0.717) is 4.74 Å². The van der Waals surface area contributed by atoms with Crippen molar-refractivity contribution in [2.75, 3.05) is 0 Å². The molecule has 0 aromatic rings. The zero-order valence-corrected chi connectivity index (χ0v) is 17.9. The van der Waals surface area contributed by atoms with Crippen LogP contribution in [-0.4, -0.2) is 83.0 Å². The Balaban J connectivity index is 7.58. The summed E-state index contributed by atoms with van der Waals surface area (Å²) in [6.07, 6.45) is -51.6. The zero-order valence-electron chi connectivity index (χ0n) is 17.9. The van der Waals surface area contributed by atoms with Crippen LogP contribution in [0.1, 0.15) is 0 Å². The van der Waals surface area contributed by atoms with Gasteiger partial charge in [0.1, 0.15) is 0 Å². The molecule has 0 aromatic carbocycles. The molecule has 0 saturated heterocycles. The molecular weight excluding hydrogens is 720 g/mol. The number of hydrogen-bond donors (Lipinski definition) is 0. The van der Waals surface area contributed by atoms with Crippen molar-refractivity contribution in [2.45, 2.75) is 73.2 Å². The van der Waals surface area contributed by atoms with Gasteiger partial charge < -0.3 is 0 Å². The van der Waals surface area contributed by atoms with Crippen molar-refractivity contribution in [1.82, 2.24) is 9.80 Å². The Morgan fingerprint density at radius 3 is 0.488 bits per heavy atom. The summed E-state index contributed by atoms with van der Waals surface area (Å²) in [7, 11) is 0. The molecule has 0 radical (unpaired) electrons. The van der Waals surface area contributed by atoms with Crippen LogP contribution < -0.4 is 0 Å². The Bertz CT molecular complexity index is 850. The van der Waals surface area contributed by atoms with Crippen LogP contribution in [0.4, 0.5) is 123 Å². The lowest BCUT2D eigenvalue weighted by molar-refractivity contribution is -0.565. The smallest absolute Gasteiger partial charge is 0.243 e. The van der Waals surface area contributed by atoms with E-state index in [0.717, 1.165) is 0 Å². The topological polar surface area (TPSA) is 15.7 Å². The van der Waals surface area contributed by atoms with Gasteiger partial charge in [-0.1, -0.05) is 9.80 Å². The average molecular weight is 720 g/mol. The fourth-order valence-electron chi connectivity index (χ4n) is 2.11. The van der Waals surface area contributed by atoms with Crippen molar-refractivity contribution in [1.29, 1.82) is 0 Å². The molecule has 0 fully saturated rings. The van der Waals surface area contributed by atoms with E-state index in [1.54, 1.807) is 0 Å². The van der Waals surface area contributed by atoms with Crippen molar-refractivity contribution in [3.05, 3.63) is 0 Å². The number of rotatable bonds is 10. The summed E-state index contributed by atoms with van der Waals surface area (Å²) in [6.45, 7) is 0. The summed E-state index contributed by atoms with van der Waals surface area (Å²) < 4.78 is 363. The molecule has 31 heteroatoms. The van der Waals surface area contributed by atoms with Crippen molar-refractivity contribution in [3.63, 3.8) is 0 Å². The molecule has 0 heterocycles. The Labute approximate surface area is 212 Å². The highest BCUT2D eigenvalue weighted by atomic mass is 19.5. The molecule has 0 aliphatic rings. The fraction of sp³-hybridized carbons (Fsp3) is 1.00. The first-order valence-corrected chi connectivity index (χ1v) is 8.54. The molecule has 0 saturated carbocycles. The highest BCUT2D eigenvalue weighted by Gasteiger charge is 2.89. The molecule has 0 atom stereocenters. The van der Waals surface area contributed by atoms with Crippen LogP contribution in [0.5, 0.6) is 0 Å². The molecule has 0 bridgehead atoms. The summed E-state index contributed by atoms with van der Waals surface area (Å²) in [5.41, 5.74) is 0. The van der Waals surface area contributed by atoms with Gasteiger partial charge in [0.05, 0.1) is 0 Å². The molecule has 0 amide bonds. The molecule has 0 aromatic heterocycles. The zero-order chi connectivity index (χ0) is 35.9. The Hall–Kier alpha value is -2.08. The van der Waals surface area contributed by atoms with E-state index in [1.165, 1.54) is 0 Å². The van der Waals surface area contributed by atoms with Crippen LogP contribution in [0.3, 0.4) is 0 Å². The van der Waals surface area contributed by atoms with Crippen LogP contribution in [0.15, 0.2) is 0 Å². The van der Waals surface area contributed by atoms with E-state index in [2.05, 4.69) is 0 Å². The predicted octanol–water partition coefficient (Wildman–Crippen LogP) is 8.60. The van der Waals surface area contributed by atoms with Crippen LogP contribution in [0.25, 0.3) is 0 Å². The van der Waals surface area contributed by atoms with Crippen LogP contribution >= 0.6 is 0 Å². The van der Waals surface area contributed by atoms with Gasteiger partial charge in [0.25, 0.3) is 0 Å². The first-order valence-electron chi connectivity index (χ1n) is 8.54. The molecule has 3 nitrogen and oxygen atoms in total. The summed E-state index contributed by atoms with van der Waals surface area (Å²) in [5, 5.41) is 0. The van der Waals surface area contributed by atoms with Gasteiger partial charge in [0.2, 0.25) is 0 Å². The predicted molar refractivity (Wildman–Crippen MR) is 68.6 cm³/mol. The first-order chi connectivity index (χ1) is 17.9. The third kappa shape index (κ3) is 6.51. The van der Waals surface area contributed by atoms with Gasteiger partial charge in [-0.05, 0) is 0 Å². The normalized spacial score (nSPS) is 16.9. The van der Waals surface area contributed by atoms with E-state index in [1.807, 2.05) is 0 Å². The minimum Gasteiger partial charge on any atom is -0.243 e. The van der Waals surface area contributed by atoms with Gasteiger partial charge in [-0.3, -0.25) is 0 Å². The van der Waals surface area contributed by atoms with Crippen LogP contribution in [0, 0.1) is 0 Å². The molecular formula is C12F28N2O. The fourth-order valence-corrected chi connectivity index (χ4v) is 2.11. The maximum atomic E-state index is 13.7. The van der Waals surface area contributed by atoms with Crippen molar-refractivity contribution in [3.8, 4) is 0 Å². The van der Waals surface area contributed by atoms with Crippen LogP contribution in [0.2, 0.25) is 0 Å². The minimum absolute atomic E-state index is 0.695. The van der Waals surface area contributed by atoms with Gasteiger partial charge in [-0.25, -0.2) is 4.74 Å². The highest BCUT2D eigenvalue weighted by molar-refractivity contribution is 4.98. The van der Waals surface area contributed by atoms with Gasteiger partial charge >= 0.3 is 73.2 Å². The second-order valence-corrected chi connectivity index (χ2v) is 7.04. The maximum Gasteiger partial charge on any atom is 0.469 e. The second-order valence-electron chi connectivity index (χ2n) is 7.04. The van der Waals surface area contributed by atoms with Gasteiger partial charge in [-0.2, -0.15) is 123 Å². The molecule has 260 valence electrons. The summed E-state index contributed by atoms with van der Waals surface area (Å²) in [4.78, 5) is -10.8. The summed E-state index contributed by atoms with van der Waals surface area (Å²) in [6, 6.07) is -53.6. The number of ether oxygens (including phenoxy) is 1. The SMILES string of the molecule is FC(F)(F)C(F)(F)N(C(F)(F)C(F)(F)F)C(F)(F)C(F)(F)OC(F)(F)C(F)(F)N(C(F)(F)C(F)(F)F)C(F)(F)C(F)(F)F. The summed E-state index contributed by atoms with van der Waals surface area (Å²) in [5.74, 6) is 0. The molecule has 0 spiro atoms. The molecule has 43 heavy (non-hydrogen) atoms. The Morgan fingerprint density at radius 2 is 0.372 bits per heavy atom. The lowest BCUT2D eigenvalue weighted by Gasteiger charge is -2.46. The van der Waals surface area contributed by atoms with E-state index in [-0.39, 0.29) is 0 Å². The van der Waals surface area contributed by atoms with Crippen molar-refractivity contribution >= 4 is 0 Å². The summed E-state index contributed by atoms with van der Waals surface area (Å²) >= 11 is 0. The number of nitrogens with zero attached hydrogens (tertiary/aromatic N) is 2. The van der Waals surface area contributed by atoms with E-state index in [9.17, 15) is 123 Å².